The van der Waals surface area contributed by atoms with Crippen molar-refractivity contribution < 1.29 is 9.59 Å². The van der Waals surface area contributed by atoms with E-state index < -0.39 is 0 Å². The average molecular weight is 378 g/mol. The van der Waals surface area contributed by atoms with E-state index in [1.807, 2.05) is 16.3 Å². The van der Waals surface area contributed by atoms with Gasteiger partial charge in [0.1, 0.15) is 0 Å². The van der Waals surface area contributed by atoms with Crippen molar-refractivity contribution in [3.05, 3.63) is 22.4 Å². The summed E-state index contributed by atoms with van der Waals surface area (Å²) < 4.78 is 0. The molecule has 2 aliphatic rings. The van der Waals surface area contributed by atoms with Crippen molar-refractivity contribution in [2.24, 2.45) is 5.92 Å². The average Bonchev–Trinajstić information content (AvgIpc) is 3.21. The molecule has 26 heavy (non-hydrogen) atoms. The fourth-order valence-corrected chi connectivity index (χ4v) is 4.96. The van der Waals surface area contributed by atoms with Gasteiger partial charge in [0, 0.05) is 29.9 Å². The van der Waals surface area contributed by atoms with Crippen LogP contribution in [0.25, 0.3) is 0 Å². The van der Waals surface area contributed by atoms with Crippen LogP contribution in [0.15, 0.2) is 17.5 Å². The molecular formula is C20H31N3O2S. The zero-order chi connectivity index (χ0) is 18.4. The lowest BCUT2D eigenvalue weighted by Gasteiger charge is -2.35. The molecule has 144 valence electrons. The number of rotatable bonds is 5. The van der Waals surface area contributed by atoms with E-state index in [9.17, 15) is 9.59 Å². The van der Waals surface area contributed by atoms with Crippen molar-refractivity contribution in [3.8, 4) is 0 Å². The number of urea groups is 1. The molecular weight excluding hydrogens is 346 g/mol. The fraction of sp³-hybridized carbons (Fsp3) is 0.700. The molecule has 0 spiro atoms. The lowest BCUT2D eigenvalue weighted by atomic mass is 9.87. The first-order valence-corrected chi connectivity index (χ1v) is 10.9. The van der Waals surface area contributed by atoms with Crippen LogP contribution in [-0.4, -0.2) is 36.0 Å². The number of hydrogen-bond donors (Lipinski definition) is 2. The first-order chi connectivity index (χ1) is 12.7. The predicted octanol–water partition coefficient (Wildman–Crippen LogP) is 4.07. The molecule has 3 rings (SSSR count). The van der Waals surface area contributed by atoms with Gasteiger partial charge in [0.05, 0.1) is 6.04 Å². The number of carbonyl (C=O) groups is 2. The maximum absolute atomic E-state index is 12.6. The highest BCUT2D eigenvalue weighted by atomic mass is 32.1. The quantitative estimate of drug-likeness (QED) is 0.812. The standard InChI is InChI=1S/C20H31N3O2S/c1-2-17(18-9-6-14-26-18)22-20(25)21-16-10-12-23(13-11-16)19(24)15-7-4-3-5-8-15/h6,9,14-17H,2-5,7-8,10-13H2,1H3,(H2,21,22,25). The molecule has 1 aliphatic heterocycles. The lowest BCUT2D eigenvalue weighted by Crippen LogP contribution is -2.50. The molecule has 1 aliphatic carbocycles. The number of thiophene rings is 1. The van der Waals surface area contributed by atoms with Gasteiger partial charge in [0.2, 0.25) is 5.91 Å². The number of amides is 3. The summed E-state index contributed by atoms with van der Waals surface area (Å²) in [6.45, 7) is 3.62. The zero-order valence-corrected chi connectivity index (χ0v) is 16.5. The van der Waals surface area contributed by atoms with Crippen molar-refractivity contribution in [2.45, 2.75) is 70.4 Å². The Labute approximate surface area is 160 Å². The van der Waals surface area contributed by atoms with E-state index in [0.29, 0.717) is 5.91 Å². The van der Waals surface area contributed by atoms with Gasteiger partial charge in [-0.15, -0.1) is 11.3 Å². The topological polar surface area (TPSA) is 61.4 Å². The third-order valence-electron chi connectivity index (χ3n) is 5.70. The maximum Gasteiger partial charge on any atom is 0.315 e. The predicted molar refractivity (Wildman–Crippen MR) is 105 cm³/mol. The van der Waals surface area contributed by atoms with Crippen LogP contribution in [0, 0.1) is 5.92 Å². The molecule has 2 heterocycles. The molecule has 1 aromatic rings. The molecule has 1 unspecified atom stereocenters. The molecule has 2 fully saturated rings. The van der Waals surface area contributed by atoms with Crippen molar-refractivity contribution >= 4 is 23.3 Å². The van der Waals surface area contributed by atoms with Gasteiger partial charge in [0.15, 0.2) is 0 Å². The van der Waals surface area contributed by atoms with Crippen LogP contribution in [0.4, 0.5) is 4.79 Å². The molecule has 1 saturated heterocycles. The van der Waals surface area contributed by atoms with Gasteiger partial charge >= 0.3 is 6.03 Å². The summed E-state index contributed by atoms with van der Waals surface area (Å²) in [6, 6.07) is 4.21. The second-order valence-corrected chi connectivity index (χ2v) is 8.51. The summed E-state index contributed by atoms with van der Waals surface area (Å²) in [5.74, 6) is 0.587. The van der Waals surface area contributed by atoms with Gasteiger partial charge in [-0.25, -0.2) is 4.79 Å². The summed E-state index contributed by atoms with van der Waals surface area (Å²) in [7, 11) is 0. The Hall–Kier alpha value is -1.56. The molecule has 1 aromatic heterocycles. The monoisotopic (exact) mass is 377 g/mol. The SMILES string of the molecule is CCC(NC(=O)NC1CCN(C(=O)C2CCCCC2)CC1)c1cccs1. The molecule has 1 saturated carbocycles. The van der Waals surface area contributed by atoms with Gasteiger partial charge in [-0.2, -0.15) is 0 Å². The van der Waals surface area contributed by atoms with Crippen molar-refractivity contribution in [2.75, 3.05) is 13.1 Å². The Morgan fingerprint density at radius 2 is 1.92 bits per heavy atom. The van der Waals surface area contributed by atoms with E-state index in [1.54, 1.807) is 11.3 Å². The summed E-state index contributed by atoms with van der Waals surface area (Å²) in [6.07, 6.45) is 8.34. The molecule has 6 heteroatoms. The minimum atomic E-state index is -0.0951. The highest BCUT2D eigenvalue weighted by Crippen LogP contribution is 2.26. The first kappa shape index (κ1) is 19.2. The van der Waals surface area contributed by atoms with Crippen molar-refractivity contribution in [1.82, 2.24) is 15.5 Å². The van der Waals surface area contributed by atoms with Crippen molar-refractivity contribution in [1.29, 1.82) is 0 Å². The molecule has 2 N–H and O–H groups in total. The van der Waals surface area contributed by atoms with E-state index in [0.717, 1.165) is 45.2 Å². The lowest BCUT2D eigenvalue weighted by molar-refractivity contribution is -0.137. The molecule has 3 amide bonds. The van der Waals surface area contributed by atoms with Gasteiger partial charge in [-0.3, -0.25) is 4.79 Å². The fourth-order valence-electron chi connectivity index (χ4n) is 4.10. The second kappa shape index (κ2) is 9.40. The van der Waals surface area contributed by atoms with E-state index in [4.69, 9.17) is 0 Å². The van der Waals surface area contributed by atoms with Crippen LogP contribution in [-0.2, 0) is 4.79 Å². The number of nitrogens with zero attached hydrogens (tertiary/aromatic N) is 1. The number of carbonyl (C=O) groups excluding carboxylic acids is 2. The Morgan fingerprint density at radius 3 is 2.54 bits per heavy atom. The van der Waals surface area contributed by atoms with Gasteiger partial charge in [0.25, 0.3) is 0 Å². The third-order valence-corrected chi connectivity index (χ3v) is 6.68. The molecule has 0 aromatic carbocycles. The number of nitrogens with one attached hydrogen (secondary N) is 2. The summed E-state index contributed by atoms with van der Waals surface area (Å²) >= 11 is 1.67. The van der Waals surface area contributed by atoms with Gasteiger partial charge in [-0.05, 0) is 43.6 Å². The maximum atomic E-state index is 12.6. The summed E-state index contributed by atoms with van der Waals surface area (Å²) in [5, 5.41) is 8.22. The van der Waals surface area contributed by atoms with Crippen molar-refractivity contribution in [3.63, 3.8) is 0 Å². The zero-order valence-electron chi connectivity index (χ0n) is 15.7. The largest absolute Gasteiger partial charge is 0.342 e. The van der Waals surface area contributed by atoms with Crippen LogP contribution in [0.1, 0.15) is 69.2 Å². The number of hydrogen-bond acceptors (Lipinski definition) is 3. The highest BCUT2D eigenvalue weighted by molar-refractivity contribution is 7.10. The first-order valence-electron chi connectivity index (χ1n) is 10.1. The second-order valence-electron chi connectivity index (χ2n) is 7.53. The summed E-state index contributed by atoms with van der Waals surface area (Å²) in [4.78, 5) is 28.2. The minimum Gasteiger partial charge on any atom is -0.342 e. The Kier molecular flexibility index (Phi) is 6.94. The van der Waals surface area contributed by atoms with Crippen LogP contribution < -0.4 is 10.6 Å². The van der Waals surface area contributed by atoms with E-state index >= 15 is 0 Å². The third kappa shape index (κ3) is 5.00. The van der Waals surface area contributed by atoms with Gasteiger partial charge < -0.3 is 15.5 Å². The molecule has 0 bridgehead atoms. The van der Waals surface area contributed by atoms with E-state index in [-0.39, 0.29) is 24.0 Å². The van der Waals surface area contributed by atoms with Crippen LogP contribution in [0.3, 0.4) is 0 Å². The number of piperidine rings is 1. The van der Waals surface area contributed by atoms with Crippen LogP contribution in [0.5, 0.6) is 0 Å². The summed E-state index contributed by atoms with van der Waals surface area (Å²) in [5.41, 5.74) is 0. The van der Waals surface area contributed by atoms with Crippen LogP contribution >= 0.6 is 11.3 Å². The van der Waals surface area contributed by atoms with E-state index in [2.05, 4.69) is 23.6 Å². The molecule has 1 atom stereocenters. The van der Waals surface area contributed by atoms with Gasteiger partial charge in [-0.1, -0.05) is 32.3 Å². The minimum absolute atomic E-state index is 0.0722. The Bertz CT molecular complexity index is 576. The Balaban J connectivity index is 1.42. The molecule has 5 nitrogen and oxygen atoms in total. The number of likely N-dealkylation sites (tertiary alicyclic amines) is 1. The molecule has 0 radical (unpaired) electrons. The highest BCUT2D eigenvalue weighted by Gasteiger charge is 2.29. The van der Waals surface area contributed by atoms with E-state index in [1.165, 1.54) is 24.1 Å². The van der Waals surface area contributed by atoms with Crippen LogP contribution in [0.2, 0.25) is 0 Å². The normalized spacial score (nSPS) is 20.6. The Morgan fingerprint density at radius 1 is 1.19 bits per heavy atom. The smallest absolute Gasteiger partial charge is 0.315 e.